The molecule has 1 fully saturated rings. The lowest BCUT2D eigenvalue weighted by Crippen LogP contribution is -2.29. The zero-order chi connectivity index (χ0) is 27.9. The third-order valence-corrected chi connectivity index (χ3v) is 6.20. The standard InChI is InChI=1S/C30H30N2O7/c1-4-37-22-11-12-23(24(17-22)38-5-2)27(33)25-26(20-13-15-31-16-14-20)32(29(35)28(25)34)18-19-7-9-21(10-8-19)30(36)39-6-3/h7-17,26,33H,4-6,18H2,1-3H3/b27-25-. The molecule has 1 N–H and O–H groups in total. The summed E-state index contributed by atoms with van der Waals surface area (Å²) in [5.74, 6) is -1.47. The Morgan fingerprint density at radius 1 is 0.923 bits per heavy atom. The van der Waals surface area contributed by atoms with Crippen LogP contribution in [0.5, 0.6) is 11.5 Å². The van der Waals surface area contributed by atoms with E-state index in [9.17, 15) is 19.5 Å². The van der Waals surface area contributed by atoms with Crippen LogP contribution in [0.2, 0.25) is 0 Å². The smallest absolute Gasteiger partial charge is 0.338 e. The van der Waals surface area contributed by atoms with Gasteiger partial charge in [-0.1, -0.05) is 12.1 Å². The molecule has 2 aromatic carbocycles. The quantitative estimate of drug-likeness (QED) is 0.174. The number of hydrogen-bond acceptors (Lipinski definition) is 8. The van der Waals surface area contributed by atoms with Crippen molar-refractivity contribution in [3.63, 3.8) is 0 Å². The minimum Gasteiger partial charge on any atom is -0.507 e. The number of aromatic nitrogens is 1. The molecule has 1 atom stereocenters. The topological polar surface area (TPSA) is 115 Å². The van der Waals surface area contributed by atoms with Crippen LogP contribution < -0.4 is 9.47 Å². The SMILES string of the molecule is CCOC(=O)c1ccc(CN2C(=O)C(=O)/C(=C(\O)c3ccc(OCC)cc3OCC)C2c2ccncc2)cc1. The Bertz CT molecular complexity index is 1380. The molecular formula is C30H30N2O7. The lowest BCUT2D eigenvalue weighted by atomic mass is 9.95. The summed E-state index contributed by atoms with van der Waals surface area (Å²) in [4.78, 5) is 44.2. The molecule has 3 aromatic rings. The normalized spacial score (nSPS) is 16.3. The maximum Gasteiger partial charge on any atom is 0.338 e. The Morgan fingerprint density at radius 3 is 2.26 bits per heavy atom. The first-order chi connectivity index (χ1) is 18.9. The van der Waals surface area contributed by atoms with Gasteiger partial charge in [0.1, 0.15) is 17.3 Å². The number of benzene rings is 2. The van der Waals surface area contributed by atoms with Gasteiger partial charge in [-0.3, -0.25) is 14.6 Å². The lowest BCUT2D eigenvalue weighted by Gasteiger charge is -2.25. The van der Waals surface area contributed by atoms with Gasteiger partial charge >= 0.3 is 5.97 Å². The van der Waals surface area contributed by atoms with Gasteiger partial charge in [0.15, 0.2) is 0 Å². The number of likely N-dealkylation sites (tertiary alicyclic amines) is 1. The Hall–Kier alpha value is -4.66. The summed E-state index contributed by atoms with van der Waals surface area (Å²) >= 11 is 0. The minimum absolute atomic E-state index is 0.0561. The van der Waals surface area contributed by atoms with E-state index in [0.29, 0.717) is 41.4 Å². The number of aliphatic hydroxyl groups excluding tert-OH is 1. The van der Waals surface area contributed by atoms with E-state index < -0.39 is 23.7 Å². The van der Waals surface area contributed by atoms with Gasteiger partial charge in [-0.2, -0.15) is 0 Å². The predicted octanol–water partition coefficient (Wildman–Crippen LogP) is 4.68. The van der Waals surface area contributed by atoms with Crippen molar-refractivity contribution in [1.29, 1.82) is 0 Å². The summed E-state index contributed by atoms with van der Waals surface area (Å²) in [6, 6.07) is 14.1. The number of ketones is 1. The second kappa shape index (κ2) is 12.3. The molecule has 1 aliphatic rings. The summed E-state index contributed by atoms with van der Waals surface area (Å²) in [6.07, 6.45) is 3.12. The van der Waals surface area contributed by atoms with E-state index in [1.165, 1.54) is 4.90 Å². The van der Waals surface area contributed by atoms with Gasteiger partial charge in [0.25, 0.3) is 11.7 Å². The summed E-state index contributed by atoms with van der Waals surface area (Å²) in [5.41, 5.74) is 1.90. The van der Waals surface area contributed by atoms with Crippen LogP contribution in [0.15, 0.2) is 72.6 Å². The number of carbonyl (C=O) groups excluding carboxylic acids is 3. The van der Waals surface area contributed by atoms with Gasteiger partial charge in [-0.15, -0.1) is 0 Å². The average molecular weight is 531 g/mol. The van der Waals surface area contributed by atoms with Crippen LogP contribution >= 0.6 is 0 Å². The van der Waals surface area contributed by atoms with Gasteiger partial charge in [-0.25, -0.2) is 4.79 Å². The van der Waals surface area contributed by atoms with E-state index in [-0.39, 0.29) is 30.0 Å². The highest BCUT2D eigenvalue weighted by Gasteiger charge is 2.46. The molecule has 1 aliphatic heterocycles. The zero-order valence-corrected chi connectivity index (χ0v) is 22.0. The minimum atomic E-state index is -0.876. The number of carbonyl (C=O) groups is 3. The van der Waals surface area contributed by atoms with E-state index >= 15 is 0 Å². The number of pyridine rings is 1. The molecule has 0 radical (unpaired) electrons. The van der Waals surface area contributed by atoms with Crippen molar-refractivity contribution in [3.05, 3.63) is 94.8 Å². The van der Waals surface area contributed by atoms with Crippen molar-refractivity contribution in [2.45, 2.75) is 33.4 Å². The molecule has 202 valence electrons. The molecular weight excluding hydrogens is 500 g/mol. The van der Waals surface area contributed by atoms with Crippen LogP contribution in [0.1, 0.15) is 53.9 Å². The maximum absolute atomic E-state index is 13.4. The van der Waals surface area contributed by atoms with Crippen LogP contribution in [-0.4, -0.2) is 52.5 Å². The predicted molar refractivity (Wildman–Crippen MR) is 143 cm³/mol. The van der Waals surface area contributed by atoms with Gasteiger partial charge < -0.3 is 24.2 Å². The Morgan fingerprint density at radius 2 is 1.62 bits per heavy atom. The fourth-order valence-electron chi connectivity index (χ4n) is 4.47. The molecule has 4 rings (SSSR count). The van der Waals surface area contributed by atoms with E-state index in [1.54, 1.807) is 80.8 Å². The van der Waals surface area contributed by atoms with Crippen molar-refractivity contribution >= 4 is 23.4 Å². The zero-order valence-electron chi connectivity index (χ0n) is 22.0. The molecule has 0 spiro atoms. The van der Waals surface area contributed by atoms with Crippen LogP contribution in [0.25, 0.3) is 5.76 Å². The van der Waals surface area contributed by atoms with Gasteiger partial charge in [0.05, 0.1) is 42.6 Å². The van der Waals surface area contributed by atoms with E-state index in [2.05, 4.69) is 4.98 Å². The van der Waals surface area contributed by atoms with Gasteiger partial charge in [-0.05, 0) is 68.3 Å². The van der Waals surface area contributed by atoms with Crippen LogP contribution in [-0.2, 0) is 20.9 Å². The highest BCUT2D eigenvalue weighted by Crippen LogP contribution is 2.42. The number of esters is 1. The number of ether oxygens (including phenoxy) is 3. The van der Waals surface area contributed by atoms with Crippen LogP contribution in [0.3, 0.4) is 0 Å². The van der Waals surface area contributed by atoms with Crippen molar-refractivity contribution in [1.82, 2.24) is 9.88 Å². The summed E-state index contributed by atoms with van der Waals surface area (Å²) < 4.78 is 16.3. The van der Waals surface area contributed by atoms with Crippen molar-refractivity contribution in [2.75, 3.05) is 19.8 Å². The molecule has 0 aliphatic carbocycles. The number of hydrogen-bond donors (Lipinski definition) is 1. The van der Waals surface area contributed by atoms with Crippen LogP contribution in [0, 0.1) is 0 Å². The lowest BCUT2D eigenvalue weighted by molar-refractivity contribution is -0.140. The van der Waals surface area contributed by atoms with E-state index in [1.807, 2.05) is 6.92 Å². The van der Waals surface area contributed by atoms with Crippen molar-refractivity contribution < 1.29 is 33.7 Å². The number of nitrogens with zero attached hydrogens (tertiary/aromatic N) is 2. The third-order valence-electron chi connectivity index (χ3n) is 6.20. The van der Waals surface area contributed by atoms with E-state index in [4.69, 9.17) is 14.2 Å². The monoisotopic (exact) mass is 530 g/mol. The fourth-order valence-corrected chi connectivity index (χ4v) is 4.47. The molecule has 1 saturated heterocycles. The van der Waals surface area contributed by atoms with Crippen molar-refractivity contribution in [2.24, 2.45) is 0 Å². The molecule has 1 aromatic heterocycles. The Kier molecular flexibility index (Phi) is 8.60. The summed E-state index contributed by atoms with van der Waals surface area (Å²) in [7, 11) is 0. The average Bonchev–Trinajstić information content (AvgIpc) is 3.19. The molecule has 0 bridgehead atoms. The first-order valence-corrected chi connectivity index (χ1v) is 12.7. The Labute approximate surface area is 226 Å². The summed E-state index contributed by atoms with van der Waals surface area (Å²) in [5, 5.41) is 11.5. The van der Waals surface area contributed by atoms with Gasteiger partial charge in [0, 0.05) is 25.0 Å². The van der Waals surface area contributed by atoms with Gasteiger partial charge in [0.2, 0.25) is 0 Å². The number of amides is 1. The molecule has 0 saturated carbocycles. The fraction of sp³-hybridized carbons (Fsp3) is 0.267. The number of Topliss-reactive ketones (excluding diaryl/α,β-unsaturated/α-hetero) is 1. The largest absolute Gasteiger partial charge is 0.507 e. The molecule has 9 heteroatoms. The first-order valence-electron chi connectivity index (χ1n) is 12.7. The molecule has 39 heavy (non-hydrogen) atoms. The second-order valence-electron chi connectivity index (χ2n) is 8.65. The van der Waals surface area contributed by atoms with Crippen LogP contribution in [0.4, 0.5) is 0 Å². The molecule has 1 amide bonds. The second-order valence-corrected chi connectivity index (χ2v) is 8.65. The summed E-state index contributed by atoms with van der Waals surface area (Å²) in [6.45, 7) is 6.49. The highest BCUT2D eigenvalue weighted by molar-refractivity contribution is 6.46. The Balaban J connectivity index is 1.78. The third kappa shape index (κ3) is 5.77. The highest BCUT2D eigenvalue weighted by atomic mass is 16.5. The maximum atomic E-state index is 13.4. The molecule has 2 heterocycles. The molecule has 1 unspecified atom stereocenters. The molecule has 9 nitrogen and oxygen atoms in total. The first kappa shape index (κ1) is 27.4. The number of rotatable bonds is 10. The number of aliphatic hydroxyl groups is 1. The van der Waals surface area contributed by atoms with E-state index in [0.717, 1.165) is 0 Å². The van der Waals surface area contributed by atoms with Crippen molar-refractivity contribution in [3.8, 4) is 11.5 Å².